The molecule has 1 rings (SSSR count). The molecule has 3 nitrogen and oxygen atoms in total. The van der Waals surface area contributed by atoms with E-state index in [1.165, 1.54) is 0 Å². The molecule has 0 heterocycles. The van der Waals surface area contributed by atoms with Crippen molar-refractivity contribution in [2.75, 3.05) is 6.67 Å². The quantitative estimate of drug-likeness (QED) is 0.899. The van der Waals surface area contributed by atoms with Crippen LogP contribution in [0.15, 0.2) is 24.3 Å². The lowest BCUT2D eigenvalue weighted by Crippen LogP contribution is -2.47. The maximum atomic E-state index is 13.3. The molecule has 100 valence electrons. The summed E-state index contributed by atoms with van der Waals surface area (Å²) in [5, 5.41) is 9.73. The second kappa shape index (κ2) is 5.57. The van der Waals surface area contributed by atoms with Crippen molar-refractivity contribution in [1.29, 1.82) is 0 Å². The van der Waals surface area contributed by atoms with Gasteiger partial charge < -0.3 is 5.11 Å². The molecule has 1 aromatic rings. The van der Waals surface area contributed by atoms with Crippen LogP contribution in [0.25, 0.3) is 0 Å². The van der Waals surface area contributed by atoms with Crippen molar-refractivity contribution in [1.82, 2.24) is 4.90 Å². The Morgan fingerprint density at radius 1 is 1.50 bits per heavy atom. The van der Waals surface area contributed by atoms with Gasteiger partial charge in [-0.25, -0.2) is 9.18 Å². The summed E-state index contributed by atoms with van der Waals surface area (Å²) in [5.41, 5.74) is -0.132. The van der Waals surface area contributed by atoms with E-state index < -0.39 is 24.3 Å². The van der Waals surface area contributed by atoms with Gasteiger partial charge in [0, 0.05) is 10.6 Å². The fourth-order valence-corrected chi connectivity index (χ4v) is 2.11. The van der Waals surface area contributed by atoms with Crippen LogP contribution in [0.1, 0.15) is 32.4 Å². The summed E-state index contributed by atoms with van der Waals surface area (Å²) in [6.07, 6.45) is -1.15. The van der Waals surface area contributed by atoms with Crippen molar-refractivity contribution >= 4 is 17.7 Å². The number of hydrogen-bond acceptors (Lipinski definition) is 1. The minimum atomic E-state index is -1.15. The lowest BCUT2D eigenvalue weighted by atomic mass is 9.99. The number of alkyl halides is 1. The van der Waals surface area contributed by atoms with Gasteiger partial charge in [-0.1, -0.05) is 23.7 Å². The van der Waals surface area contributed by atoms with Crippen LogP contribution in [0.3, 0.4) is 0 Å². The SMILES string of the molecule is CC(C)(C)N(C(=O)O)C(CF)c1cccc(Cl)c1. The van der Waals surface area contributed by atoms with Crippen LogP contribution in [0.5, 0.6) is 0 Å². The molecule has 0 saturated heterocycles. The van der Waals surface area contributed by atoms with Crippen LogP contribution >= 0.6 is 11.6 Å². The number of benzene rings is 1. The first kappa shape index (κ1) is 14.8. The normalized spacial score (nSPS) is 13.2. The summed E-state index contributed by atoms with van der Waals surface area (Å²) in [7, 11) is 0. The van der Waals surface area contributed by atoms with E-state index >= 15 is 0 Å². The average Bonchev–Trinajstić information content (AvgIpc) is 2.23. The zero-order chi connectivity index (χ0) is 13.9. The fourth-order valence-electron chi connectivity index (χ4n) is 1.91. The smallest absolute Gasteiger partial charge is 0.408 e. The zero-order valence-corrected chi connectivity index (χ0v) is 11.4. The summed E-state index contributed by atoms with van der Waals surface area (Å²) in [6, 6.07) is 5.78. The van der Waals surface area contributed by atoms with Gasteiger partial charge in [-0.3, -0.25) is 4.90 Å². The minimum Gasteiger partial charge on any atom is -0.465 e. The van der Waals surface area contributed by atoms with Gasteiger partial charge in [0.25, 0.3) is 0 Å². The van der Waals surface area contributed by atoms with E-state index in [9.17, 15) is 14.3 Å². The molecule has 1 atom stereocenters. The van der Waals surface area contributed by atoms with Crippen molar-refractivity contribution in [2.24, 2.45) is 0 Å². The maximum absolute atomic E-state index is 13.3. The fraction of sp³-hybridized carbons (Fsp3) is 0.462. The summed E-state index contributed by atoms with van der Waals surface area (Å²) in [5.74, 6) is 0. The molecule has 1 unspecified atom stereocenters. The van der Waals surface area contributed by atoms with E-state index in [4.69, 9.17) is 11.6 Å². The molecule has 1 N–H and O–H groups in total. The second-order valence-electron chi connectivity index (χ2n) is 5.05. The predicted octanol–water partition coefficient (Wildman–Crippen LogP) is 4.13. The molecular weight excluding hydrogens is 257 g/mol. The molecule has 0 saturated carbocycles. The first-order valence-electron chi connectivity index (χ1n) is 5.61. The third kappa shape index (κ3) is 3.35. The molecule has 18 heavy (non-hydrogen) atoms. The van der Waals surface area contributed by atoms with Crippen LogP contribution in [0, 0.1) is 0 Å². The van der Waals surface area contributed by atoms with E-state index in [0.29, 0.717) is 10.6 Å². The number of amides is 1. The van der Waals surface area contributed by atoms with E-state index in [1.807, 2.05) is 0 Å². The first-order chi connectivity index (χ1) is 8.27. The Labute approximate surface area is 111 Å². The van der Waals surface area contributed by atoms with Gasteiger partial charge >= 0.3 is 6.09 Å². The molecular formula is C13H17ClFNO2. The van der Waals surface area contributed by atoms with Crippen LogP contribution in [-0.2, 0) is 0 Å². The molecule has 1 aromatic carbocycles. The third-order valence-corrected chi connectivity index (χ3v) is 2.86. The zero-order valence-electron chi connectivity index (χ0n) is 10.7. The Morgan fingerprint density at radius 2 is 2.11 bits per heavy atom. The van der Waals surface area contributed by atoms with Crippen LogP contribution in [-0.4, -0.2) is 28.3 Å². The highest BCUT2D eigenvalue weighted by atomic mass is 35.5. The summed E-state index contributed by atoms with van der Waals surface area (Å²) in [4.78, 5) is 12.4. The van der Waals surface area contributed by atoms with E-state index in [0.717, 1.165) is 4.90 Å². The Bertz CT molecular complexity index is 431. The lowest BCUT2D eigenvalue weighted by Gasteiger charge is -2.38. The number of nitrogens with zero attached hydrogens (tertiary/aromatic N) is 1. The van der Waals surface area contributed by atoms with Gasteiger partial charge in [-0.2, -0.15) is 0 Å². The molecule has 0 fully saturated rings. The van der Waals surface area contributed by atoms with Gasteiger partial charge in [0.05, 0.1) is 6.04 Å². The largest absolute Gasteiger partial charge is 0.465 e. The number of rotatable bonds is 3. The summed E-state index contributed by atoms with van der Waals surface area (Å²) in [6.45, 7) is 4.40. The van der Waals surface area contributed by atoms with Gasteiger partial charge in [-0.05, 0) is 38.5 Å². The maximum Gasteiger partial charge on any atom is 0.408 e. The number of halogens is 2. The summed E-state index contributed by atoms with van der Waals surface area (Å²) >= 11 is 5.86. The van der Waals surface area contributed by atoms with E-state index in [-0.39, 0.29) is 0 Å². The molecule has 5 heteroatoms. The standard InChI is InChI=1S/C13H17ClFNO2/c1-13(2,3)16(12(17)18)11(8-15)9-5-4-6-10(14)7-9/h4-7,11H,8H2,1-3H3,(H,17,18). The van der Waals surface area contributed by atoms with Gasteiger partial charge in [0.1, 0.15) is 6.67 Å². The molecule has 1 amide bonds. The Hall–Kier alpha value is -1.29. The van der Waals surface area contributed by atoms with Gasteiger partial charge in [0.15, 0.2) is 0 Å². The highest BCUT2D eigenvalue weighted by molar-refractivity contribution is 6.30. The molecule has 0 bridgehead atoms. The molecule has 0 spiro atoms. The molecule has 0 aliphatic heterocycles. The highest BCUT2D eigenvalue weighted by Gasteiger charge is 2.34. The molecule has 0 aliphatic carbocycles. The van der Waals surface area contributed by atoms with Crippen LogP contribution in [0.2, 0.25) is 5.02 Å². The number of carboxylic acid groups (broad SMARTS) is 1. The minimum absolute atomic E-state index is 0.463. The Morgan fingerprint density at radius 3 is 2.50 bits per heavy atom. The Balaban J connectivity index is 3.19. The average molecular weight is 274 g/mol. The van der Waals surface area contributed by atoms with Crippen molar-refractivity contribution in [2.45, 2.75) is 32.4 Å². The van der Waals surface area contributed by atoms with Gasteiger partial charge in [0.2, 0.25) is 0 Å². The molecule has 0 radical (unpaired) electrons. The lowest BCUT2D eigenvalue weighted by molar-refractivity contribution is 0.0603. The van der Waals surface area contributed by atoms with Crippen molar-refractivity contribution in [3.63, 3.8) is 0 Å². The monoisotopic (exact) mass is 273 g/mol. The Kier molecular flexibility index (Phi) is 4.57. The molecule has 0 aromatic heterocycles. The van der Waals surface area contributed by atoms with Crippen molar-refractivity contribution in [3.05, 3.63) is 34.9 Å². The highest BCUT2D eigenvalue weighted by Crippen LogP contribution is 2.30. The van der Waals surface area contributed by atoms with Crippen LogP contribution < -0.4 is 0 Å². The van der Waals surface area contributed by atoms with Gasteiger partial charge in [-0.15, -0.1) is 0 Å². The van der Waals surface area contributed by atoms with Crippen molar-refractivity contribution in [3.8, 4) is 0 Å². The van der Waals surface area contributed by atoms with Crippen molar-refractivity contribution < 1.29 is 14.3 Å². The van der Waals surface area contributed by atoms with Crippen LogP contribution in [0.4, 0.5) is 9.18 Å². The van der Waals surface area contributed by atoms with E-state index in [2.05, 4.69) is 0 Å². The topological polar surface area (TPSA) is 40.5 Å². The second-order valence-corrected chi connectivity index (χ2v) is 5.48. The number of carbonyl (C=O) groups is 1. The third-order valence-electron chi connectivity index (χ3n) is 2.62. The van der Waals surface area contributed by atoms with E-state index in [1.54, 1.807) is 45.0 Å². The molecule has 0 aliphatic rings. The predicted molar refractivity (Wildman–Crippen MR) is 69.8 cm³/mol. The summed E-state index contributed by atoms with van der Waals surface area (Å²) < 4.78 is 13.3. The number of hydrogen-bond donors (Lipinski definition) is 1. The first-order valence-corrected chi connectivity index (χ1v) is 5.99.